The lowest BCUT2D eigenvalue weighted by Gasteiger charge is -2.11. The molecule has 1 aromatic rings. The Morgan fingerprint density at radius 3 is 2.72 bits per heavy atom. The second kappa shape index (κ2) is 5.77. The fraction of sp³-hybridized carbons (Fsp3) is 0.333. The van der Waals surface area contributed by atoms with Gasteiger partial charge in [0.15, 0.2) is 0 Å². The second-order valence-electron chi connectivity index (χ2n) is 3.91. The fourth-order valence-corrected chi connectivity index (χ4v) is 1.42. The molecule has 0 bridgehead atoms. The van der Waals surface area contributed by atoms with Gasteiger partial charge in [-0.1, -0.05) is 0 Å². The van der Waals surface area contributed by atoms with Crippen LogP contribution in [0.3, 0.4) is 0 Å². The standard InChI is InChI=1S/C12H13N3O3/c1-7(5-11(16)17)14-12(18)10-4-3-9(6-13)8(2)15-10/h3-4,7H,5H2,1-2H3,(H,14,18)(H,16,17). The van der Waals surface area contributed by atoms with Gasteiger partial charge in [0.25, 0.3) is 5.91 Å². The molecule has 1 unspecified atom stereocenters. The molecule has 0 aliphatic carbocycles. The maximum atomic E-state index is 11.7. The van der Waals surface area contributed by atoms with Gasteiger partial charge >= 0.3 is 5.97 Å². The van der Waals surface area contributed by atoms with Crippen LogP contribution < -0.4 is 5.32 Å². The number of nitriles is 1. The number of carboxylic acid groups (broad SMARTS) is 1. The van der Waals surface area contributed by atoms with Crippen molar-refractivity contribution in [1.82, 2.24) is 10.3 Å². The lowest BCUT2D eigenvalue weighted by molar-refractivity contribution is -0.137. The first-order chi connectivity index (χ1) is 8.43. The molecule has 0 radical (unpaired) electrons. The van der Waals surface area contributed by atoms with Crippen LogP contribution in [0.25, 0.3) is 0 Å². The summed E-state index contributed by atoms with van der Waals surface area (Å²) < 4.78 is 0. The first-order valence-corrected chi connectivity index (χ1v) is 5.34. The van der Waals surface area contributed by atoms with Crippen LogP contribution in [-0.4, -0.2) is 28.0 Å². The minimum atomic E-state index is -0.980. The minimum absolute atomic E-state index is 0.152. The van der Waals surface area contributed by atoms with Crippen LogP contribution in [0.1, 0.15) is 35.1 Å². The van der Waals surface area contributed by atoms with Crippen molar-refractivity contribution >= 4 is 11.9 Å². The molecule has 0 saturated carbocycles. The van der Waals surface area contributed by atoms with Crippen LogP contribution in [0.2, 0.25) is 0 Å². The first-order valence-electron chi connectivity index (χ1n) is 5.34. The molecular formula is C12H13N3O3. The van der Waals surface area contributed by atoms with Gasteiger partial charge in [-0.25, -0.2) is 4.98 Å². The van der Waals surface area contributed by atoms with Crippen molar-refractivity contribution in [2.75, 3.05) is 0 Å². The van der Waals surface area contributed by atoms with E-state index in [1.54, 1.807) is 13.8 Å². The highest BCUT2D eigenvalue weighted by Gasteiger charge is 2.14. The number of pyridine rings is 1. The summed E-state index contributed by atoms with van der Waals surface area (Å²) in [6.07, 6.45) is -0.152. The highest BCUT2D eigenvalue weighted by Crippen LogP contribution is 2.06. The van der Waals surface area contributed by atoms with Crippen LogP contribution >= 0.6 is 0 Å². The van der Waals surface area contributed by atoms with E-state index in [1.807, 2.05) is 6.07 Å². The number of carbonyl (C=O) groups excluding carboxylic acids is 1. The summed E-state index contributed by atoms with van der Waals surface area (Å²) >= 11 is 0. The molecule has 94 valence electrons. The molecule has 0 saturated heterocycles. The van der Waals surface area contributed by atoms with Crippen LogP contribution in [0.15, 0.2) is 12.1 Å². The molecule has 1 rings (SSSR count). The Bertz CT molecular complexity index is 520. The predicted octanol–water partition coefficient (Wildman–Crippen LogP) is 0.855. The predicted molar refractivity (Wildman–Crippen MR) is 62.9 cm³/mol. The number of rotatable bonds is 4. The number of carboxylic acids is 1. The zero-order valence-electron chi connectivity index (χ0n) is 10.1. The van der Waals surface area contributed by atoms with Crippen molar-refractivity contribution in [3.05, 3.63) is 29.1 Å². The van der Waals surface area contributed by atoms with Crippen LogP contribution in [0.5, 0.6) is 0 Å². The maximum Gasteiger partial charge on any atom is 0.305 e. The van der Waals surface area contributed by atoms with Gasteiger partial charge in [-0.15, -0.1) is 0 Å². The Morgan fingerprint density at radius 1 is 1.56 bits per heavy atom. The number of hydrogen-bond acceptors (Lipinski definition) is 4. The molecule has 2 N–H and O–H groups in total. The summed E-state index contributed by atoms with van der Waals surface area (Å²) in [6.45, 7) is 3.23. The maximum absolute atomic E-state index is 11.7. The van der Waals surface area contributed by atoms with E-state index in [4.69, 9.17) is 10.4 Å². The third-order valence-corrected chi connectivity index (χ3v) is 2.30. The Labute approximate surface area is 104 Å². The number of amides is 1. The Balaban J connectivity index is 2.76. The molecule has 0 fully saturated rings. The third-order valence-electron chi connectivity index (χ3n) is 2.30. The van der Waals surface area contributed by atoms with Crippen LogP contribution in [0.4, 0.5) is 0 Å². The van der Waals surface area contributed by atoms with E-state index in [-0.39, 0.29) is 12.1 Å². The van der Waals surface area contributed by atoms with E-state index >= 15 is 0 Å². The van der Waals surface area contributed by atoms with Crippen molar-refractivity contribution in [3.63, 3.8) is 0 Å². The summed E-state index contributed by atoms with van der Waals surface area (Å²) in [5.74, 6) is -1.43. The zero-order chi connectivity index (χ0) is 13.7. The highest BCUT2D eigenvalue weighted by molar-refractivity contribution is 5.92. The van der Waals surface area contributed by atoms with Gasteiger partial charge in [-0.3, -0.25) is 9.59 Å². The number of nitrogens with one attached hydrogen (secondary N) is 1. The molecule has 1 heterocycles. The van der Waals surface area contributed by atoms with E-state index in [2.05, 4.69) is 10.3 Å². The molecular weight excluding hydrogens is 234 g/mol. The molecule has 0 spiro atoms. The molecule has 1 amide bonds. The summed E-state index contributed by atoms with van der Waals surface area (Å²) in [5.41, 5.74) is 1.05. The van der Waals surface area contributed by atoms with Gasteiger partial charge in [0, 0.05) is 6.04 Å². The van der Waals surface area contributed by atoms with Crippen LogP contribution in [-0.2, 0) is 4.79 Å². The van der Waals surface area contributed by atoms with Gasteiger partial charge in [0.2, 0.25) is 0 Å². The molecule has 0 aliphatic rings. The quantitative estimate of drug-likeness (QED) is 0.821. The minimum Gasteiger partial charge on any atom is -0.481 e. The van der Waals surface area contributed by atoms with Gasteiger partial charge < -0.3 is 10.4 Å². The average molecular weight is 247 g/mol. The lowest BCUT2D eigenvalue weighted by Crippen LogP contribution is -2.34. The second-order valence-corrected chi connectivity index (χ2v) is 3.91. The third kappa shape index (κ3) is 3.56. The lowest BCUT2D eigenvalue weighted by atomic mass is 10.2. The van der Waals surface area contributed by atoms with Crippen LogP contribution in [0, 0.1) is 18.3 Å². The van der Waals surface area contributed by atoms with Crippen molar-refractivity contribution in [1.29, 1.82) is 5.26 Å². The van der Waals surface area contributed by atoms with Crippen molar-refractivity contribution in [3.8, 4) is 6.07 Å². The van der Waals surface area contributed by atoms with Gasteiger partial charge in [-0.2, -0.15) is 5.26 Å². The summed E-state index contributed by atoms with van der Waals surface area (Å²) in [7, 11) is 0. The van der Waals surface area contributed by atoms with Crippen molar-refractivity contribution in [2.24, 2.45) is 0 Å². The number of carbonyl (C=O) groups is 2. The van der Waals surface area contributed by atoms with Crippen molar-refractivity contribution < 1.29 is 14.7 Å². The largest absolute Gasteiger partial charge is 0.481 e. The molecule has 0 aromatic carbocycles. The number of aliphatic carboxylic acids is 1. The van der Waals surface area contributed by atoms with Gasteiger partial charge in [0.1, 0.15) is 11.8 Å². The Morgan fingerprint density at radius 2 is 2.22 bits per heavy atom. The van der Waals surface area contributed by atoms with E-state index < -0.39 is 17.9 Å². The monoisotopic (exact) mass is 247 g/mol. The molecule has 6 nitrogen and oxygen atoms in total. The fourth-order valence-electron chi connectivity index (χ4n) is 1.42. The number of aryl methyl sites for hydroxylation is 1. The molecule has 6 heteroatoms. The SMILES string of the molecule is Cc1nc(C(=O)NC(C)CC(=O)O)ccc1C#N. The zero-order valence-corrected chi connectivity index (χ0v) is 10.1. The van der Waals surface area contributed by atoms with Gasteiger partial charge in [0.05, 0.1) is 17.7 Å². The molecule has 18 heavy (non-hydrogen) atoms. The summed E-state index contributed by atoms with van der Waals surface area (Å²) in [4.78, 5) is 26.2. The average Bonchev–Trinajstić information content (AvgIpc) is 2.27. The molecule has 1 aromatic heterocycles. The Kier molecular flexibility index (Phi) is 4.38. The van der Waals surface area contributed by atoms with E-state index in [9.17, 15) is 9.59 Å². The number of aromatic nitrogens is 1. The summed E-state index contributed by atoms with van der Waals surface area (Å²) in [5, 5.41) is 19.8. The van der Waals surface area contributed by atoms with E-state index in [1.165, 1.54) is 12.1 Å². The van der Waals surface area contributed by atoms with Gasteiger partial charge in [-0.05, 0) is 26.0 Å². The Hall–Kier alpha value is -2.42. The normalized spacial score (nSPS) is 11.4. The van der Waals surface area contributed by atoms with Crippen molar-refractivity contribution in [2.45, 2.75) is 26.3 Å². The van der Waals surface area contributed by atoms with E-state index in [0.717, 1.165) is 0 Å². The number of hydrogen-bond donors (Lipinski definition) is 2. The number of nitrogens with zero attached hydrogens (tertiary/aromatic N) is 2. The smallest absolute Gasteiger partial charge is 0.305 e. The molecule has 0 aliphatic heterocycles. The topological polar surface area (TPSA) is 103 Å². The van der Waals surface area contributed by atoms with E-state index in [0.29, 0.717) is 11.3 Å². The summed E-state index contributed by atoms with van der Waals surface area (Å²) in [6, 6.07) is 4.43. The first kappa shape index (κ1) is 13.6. The molecule has 1 atom stereocenters. The highest BCUT2D eigenvalue weighted by atomic mass is 16.4.